The summed E-state index contributed by atoms with van der Waals surface area (Å²) < 4.78 is 3.89. The lowest BCUT2D eigenvalue weighted by atomic mass is 9.76. The number of nitrogens with two attached hydrogens (primary N) is 1. The molecule has 1 heterocycles. The van der Waals surface area contributed by atoms with Gasteiger partial charge >= 0.3 is 0 Å². The summed E-state index contributed by atoms with van der Waals surface area (Å²) in [5, 5.41) is 6.07. The van der Waals surface area contributed by atoms with E-state index >= 15 is 0 Å². The molecule has 0 radical (unpaired) electrons. The summed E-state index contributed by atoms with van der Waals surface area (Å²) in [5.41, 5.74) is 7.22. The predicted octanol–water partition coefficient (Wildman–Crippen LogP) is 2.75. The van der Waals surface area contributed by atoms with Crippen molar-refractivity contribution in [1.29, 1.82) is 0 Å². The first kappa shape index (κ1) is 11.0. The van der Waals surface area contributed by atoms with E-state index in [4.69, 9.17) is 5.73 Å². The van der Waals surface area contributed by atoms with E-state index in [0.29, 0.717) is 5.92 Å². The van der Waals surface area contributed by atoms with Crippen molar-refractivity contribution >= 4 is 11.5 Å². The van der Waals surface area contributed by atoms with Gasteiger partial charge in [0.1, 0.15) is 0 Å². The van der Waals surface area contributed by atoms with Crippen LogP contribution in [0.15, 0.2) is 5.38 Å². The van der Waals surface area contributed by atoms with Crippen LogP contribution in [0.1, 0.15) is 50.8 Å². The SMILES string of the molecule is CCC1CCCC(C(N)c2csnn2)C1. The smallest absolute Gasteiger partial charge is 0.0925 e. The first-order chi connectivity index (χ1) is 7.31. The van der Waals surface area contributed by atoms with Gasteiger partial charge in [0.05, 0.1) is 11.7 Å². The Morgan fingerprint density at radius 3 is 3.13 bits per heavy atom. The van der Waals surface area contributed by atoms with Gasteiger partial charge in [0, 0.05) is 5.38 Å². The van der Waals surface area contributed by atoms with Crippen molar-refractivity contribution < 1.29 is 0 Å². The van der Waals surface area contributed by atoms with E-state index in [1.165, 1.54) is 43.6 Å². The first-order valence-corrected chi connectivity index (χ1v) is 6.67. The lowest BCUT2D eigenvalue weighted by molar-refractivity contribution is 0.228. The van der Waals surface area contributed by atoms with Crippen LogP contribution in [-0.2, 0) is 0 Å². The van der Waals surface area contributed by atoms with Crippen molar-refractivity contribution in [3.05, 3.63) is 11.1 Å². The van der Waals surface area contributed by atoms with Crippen molar-refractivity contribution in [2.45, 2.75) is 45.1 Å². The molecule has 1 fully saturated rings. The Kier molecular flexibility index (Phi) is 3.70. The van der Waals surface area contributed by atoms with Crippen LogP contribution in [0.25, 0.3) is 0 Å². The summed E-state index contributed by atoms with van der Waals surface area (Å²) in [6, 6.07) is 0.109. The van der Waals surface area contributed by atoms with E-state index in [2.05, 4.69) is 16.5 Å². The highest BCUT2D eigenvalue weighted by molar-refractivity contribution is 7.03. The third-order valence-electron chi connectivity index (χ3n) is 3.63. The molecule has 0 aromatic carbocycles. The van der Waals surface area contributed by atoms with Gasteiger partial charge in [0.2, 0.25) is 0 Å². The maximum absolute atomic E-state index is 6.24. The largest absolute Gasteiger partial charge is 0.322 e. The fourth-order valence-corrected chi connectivity index (χ4v) is 3.09. The minimum absolute atomic E-state index is 0.109. The molecule has 3 unspecified atom stereocenters. The minimum atomic E-state index is 0.109. The molecule has 4 heteroatoms. The van der Waals surface area contributed by atoms with Crippen molar-refractivity contribution in [1.82, 2.24) is 9.59 Å². The highest BCUT2D eigenvalue weighted by atomic mass is 32.1. The average Bonchev–Trinajstić information content (AvgIpc) is 2.81. The molecular weight excluding hydrogens is 206 g/mol. The van der Waals surface area contributed by atoms with Crippen molar-refractivity contribution in [2.75, 3.05) is 0 Å². The Morgan fingerprint density at radius 1 is 1.60 bits per heavy atom. The van der Waals surface area contributed by atoms with Crippen LogP contribution in [0.5, 0.6) is 0 Å². The van der Waals surface area contributed by atoms with Crippen LogP contribution in [-0.4, -0.2) is 9.59 Å². The molecule has 1 aliphatic rings. The molecular formula is C11H19N3S. The Hall–Kier alpha value is -0.480. The zero-order valence-electron chi connectivity index (χ0n) is 9.22. The van der Waals surface area contributed by atoms with Crippen LogP contribution in [0.4, 0.5) is 0 Å². The summed E-state index contributed by atoms with van der Waals surface area (Å²) in [5.74, 6) is 1.49. The molecule has 2 N–H and O–H groups in total. The van der Waals surface area contributed by atoms with Gasteiger partial charge in [-0.1, -0.05) is 30.7 Å². The predicted molar refractivity (Wildman–Crippen MR) is 62.6 cm³/mol. The quantitative estimate of drug-likeness (QED) is 0.860. The summed E-state index contributed by atoms with van der Waals surface area (Å²) in [4.78, 5) is 0. The van der Waals surface area contributed by atoms with Crippen LogP contribution in [0.3, 0.4) is 0 Å². The van der Waals surface area contributed by atoms with E-state index in [9.17, 15) is 0 Å². The van der Waals surface area contributed by atoms with E-state index in [-0.39, 0.29) is 6.04 Å². The van der Waals surface area contributed by atoms with E-state index in [0.717, 1.165) is 11.6 Å². The highest BCUT2D eigenvalue weighted by Crippen LogP contribution is 2.36. The van der Waals surface area contributed by atoms with Gasteiger partial charge in [-0.15, -0.1) is 5.10 Å². The third kappa shape index (κ3) is 2.55. The monoisotopic (exact) mass is 225 g/mol. The normalized spacial score (nSPS) is 28.9. The molecule has 1 aromatic rings. The molecule has 3 nitrogen and oxygen atoms in total. The molecule has 0 bridgehead atoms. The third-order valence-corrected chi connectivity index (χ3v) is 4.15. The second-order valence-electron chi connectivity index (χ2n) is 4.56. The van der Waals surface area contributed by atoms with Gasteiger partial charge < -0.3 is 5.73 Å². The second-order valence-corrected chi connectivity index (χ2v) is 5.17. The van der Waals surface area contributed by atoms with Gasteiger partial charge in [-0.2, -0.15) is 0 Å². The maximum Gasteiger partial charge on any atom is 0.0925 e. The maximum atomic E-state index is 6.24. The molecule has 84 valence electrons. The molecule has 1 aliphatic carbocycles. The zero-order chi connectivity index (χ0) is 10.7. The number of aromatic nitrogens is 2. The second kappa shape index (κ2) is 5.03. The average molecular weight is 225 g/mol. The van der Waals surface area contributed by atoms with Crippen LogP contribution in [0, 0.1) is 11.8 Å². The zero-order valence-corrected chi connectivity index (χ0v) is 10.0. The fraction of sp³-hybridized carbons (Fsp3) is 0.818. The fourth-order valence-electron chi connectivity index (χ4n) is 2.59. The molecule has 3 atom stereocenters. The number of hydrogen-bond donors (Lipinski definition) is 1. The molecule has 0 amide bonds. The molecule has 1 aromatic heterocycles. The van der Waals surface area contributed by atoms with Crippen molar-refractivity contribution in [2.24, 2.45) is 17.6 Å². The summed E-state index contributed by atoms with van der Waals surface area (Å²) in [6.45, 7) is 2.28. The number of nitrogens with zero attached hydrogens (tertiary/aromatic N) is 2. The highest BCUT2D eigenvalue weighted by Gasteiger charge is 2.27. The number of rotatable bonds is 3. The van der Waals surface area contributed by atoms with Crippen molar-refractivity contribution in [3.8, 4) is 0 Å². The lowest BCUT2D eigenvalue weighted by Gasteiger charge is -2.31. The summed E-state index contributed by atoms with van der Waals surface area (Å²) in [6.07, 6.45) is 6.53. The molecule has 0 aliphatic heterocycles. The molecule has 15 heavy (non-hydrogen) atoms. The Bertz CT molecular complexity index is 286. The Morgan fingerprint density at radius 2 is 2.47 bits per heavy atom. The van der Waals surface area contributed by atoms with E-state index in [1.807, 2.05) is 5.38 Å². The minimum Gasteiger partial charge on any atom is -0.322 e. The summed E-state index contributed by atoms with van der Waals surface area (Å²) in [7, 11) is 0. The molecule has 2 rings (SSSR count). The molecule has 1 saturated carbocycles. The number of hydrogen-bond acceptors (Lipinski definition) is 4. The van der Waals surface area contributed by atoms with E-state index in [1.54, 1.807) is 0 Å². The van der Waals surface area contributed by atoms with Crippen LogP contribution in [0.2, 0.25) is 0 Å². The molecule has 0 saturated heterocycles. The topological polar surface area (TPSA) is 51.8 Å². The Balaban J connectivity index is 1.98. The molecule has 0 spiro atoms. The summed E-state index contributed by atoms with van der Waals surface area (Å²) >= 11 is 1.40. The first-order valence-electron chi connectivity index (χ1n) is 5.83. The van der Waals surface area contributed by atoms with Crippen LogP contribution >= 0.6 is 11.5 Å². The van der Waals surface area contributed by atoms with Gasteiger partial charge in [-0.3, -0.25) is 0 Å². The van der Waals surface area contributed by atoms with Gasteiger partial charge in [0.15, 0.2) is 0 Å². The van der Waals surface area contributed by atoms with Gasteiger partial charge in [0.25, 0.3) is 0 Å². The lowest BCUT2D eigenvalue weighted by Crippen LogP contribution is -2.27. The van der Waals surface area contributed by atoms with E-state index < -0.39 is 0 Å². The van der Waals surface area contributed by atoms with Crippen LogP contribution < -0.4 is 5.73 Å². The Labute approximate surface area is 95.2 Å². The van der Waals surface area contributed by atoms with Gasteiger partial charge in [-0.25, -0.2) is 0 Å². The standard InChI is InChI=1S/C11H19N3S/c1-2-8-4-3-5-9(6-8)11(12)10-7-15-14-13-10/h7-9,11H,2-6,12H2,1H3. The van der Waals surface area contributed by atoms with Crippen molar-refractivity contribution in [3.63, 3.8) is 0 Å². The van der Waals surface area contributed by atoms with Gasteiger partial charge in [-0.05, 0) is 36.2 Å².